The summed E-state index contributed by atoms with van der Waals surface area (Å²) in [4.78, 5) is 0. The zero-order chi connectivity index (χ0) is 9.97. The lowest BCUT2D eigenvalue weighted by Crippen LogP contribution is -2.34. The summed E-state index contributed by atoms with van der Waals surface area (Å²) >= 11 is 8.29. The molecular weight excluding hydrogens is 312 g/mol. The van der Waals surface area contributed by atoms with E-state index in [2.05, 4.69) is 34.0 Å². The third-order valence-electron chi connectivity index (χ3n) is 2.27. The minimum absolute atomic E-state index is 0.290. The Morgan fingerprint density at radius 3 is 3.00 bits per heavy atom. The van der Waals surface area contributed by atoms with Crippen molar-refractivity contribution in [1.82, 2.24) is 5.32 Å². The summed E-state index contributed by atoms with van der Waals surface area (Å²) in [6.45, 7) is 2.44. The van der Waals surface area contributed by atoms with E-state index in [9.17, 15) is 0 Å². The highest BCUT2D eigenvalue weighted by atomic mass is 127. The van der Waals surface area contributed by atoms with Gasteiger partial charge in [-0.05, 0) is 40.3 Å². The monoisotopic (exact) mass is 323 g/mol. The van der Waals surface area contributed by atoms with E-state index in [4.69, 9.17) is 16.3 Å². The SMILES string of the molecule is Clc1cc(C2COCCN2)ccc1I. The molecule has 0 bridgehead atoms. The number of hydrogen-bond acceptors (Lipinski definition) is 2. The Morgan fingerprint density at radius 2 is 2.36 bits per heavy atom. The van der Waals surface area contributed by atoms with Crippen molar-refractivity contribution in [2.75, 3.05) is 19.8 Å². The molecule has 1 aliphatic heterocycles. The molecule has 1 unspecified atom stereocenters. The summed E-state index contributed by atoms with van der Waals surface area (Å²) in [6, 6.07) is 6.43. The number of rotatable bonds is 1. The van der Waals surface area contributed by atoms with Crippen LogP contribution in [0, 0.1) is 3.57 Å². The molecule has 1 atom stereocenters. The molecule has 1 aromatic rings. The summed E-state index contributed by atoms with van der Waals surface area (Å²) in [6.07, 6.45) is 0. The van der Waals surface area contributed by atoms with E-state index >= 15 is 0 Å². The van der Waals surface area contributed by atoms with Crippen LogP contribution in [0.25, 0.3) is 0 Å². The van der Waals surface area contributed by atoms with Crippen LogP contribution in [-0.4, -0.2) is 19.8 Å². The molecule has 2 rings (SSSR count). The van der Waals surface area contributed by atoms with Gasteiger partial charge in [0.1, 0.15) is 0 Å². The maximum atomic E-state index is 6.06. The van der Waals surface area contributed by atoms with Crippen molar-refractivity contribution in [3.05, 3.63) is 32.4 Å². The fraction of sp³-hybridized carbons (Fsp3) is 0.400. The van der Waals surface area contributed by atoms with Crippen LogP contribution in [0.1, 0.15) is 11.6 Å². The first-order valence-electron chi connectivity index (χ1n) is 4.53. The summed E-state index contributed by atoms with van der Waals surface area (Å²) in [5, 5.41) is 4.21. The molecule has 76 valence electrons. The van der Waals surface area contributed by atoms with Crippen molar-refractivity contribution in [1.29, 1.82) is 0 Å². The molecule has 0 amide bonds. The number of halogens is 2. The third-order valence-corrected chi connectivity index (χ3v) is 3.84. The van der Waals surface area contributed by atoms with Crippen LogP contribution in [0.3, 0.4) is 0 Å². The predicted octanol–water partition coefficient (Wildman–Crippen LogP) is 2.61. The molecule has 1 N–H and O–H groups in total. The summed E-state index contributed by atoms with van der Waals surface area (Å²) < 4.78 is 6.49. The van der Waals surface area contributed by atoms with Gasteiger partial charge in [0.15, 0.2) is 0 Å². The van der Waals surface area contributed by atoms with Gasteiger partial charge in [0.2, 0.25) is 0 Å². The molecule has 0 saturated carbocycles. The molecule has 0 radical (unpaired) electrons. The quantitative estimate of drug-likeness (QED) is 0.802. The molecule has 1 saturated heterocycles. The van der Waals surface area contributed by atoms with E-state index in [1.807, 2.05) is 12.1 Å². The second-order valence-corrected chi connectivity index (χ2v) is 4.82. The van der Waals surface area contributed by atoms with Crippen molar-refractivity contribution in [3.8, 4) is 0 Å². The van der Waals surface area contributed by atoms with Crippen LogP contribution in [0.2, 0.25) is 5.02 Å². The largest absolute Gasteiger partial charge is 0.378 e. The van der Waals surface area contributed by atoms with Crippen LogP contribution < -0.4 is 5.32 Å². The van der Waals surface area contributed by atoms with E-state index in [1.165, 1.54) is 5.56 Å². The van der Waals surface area contributed by atoms with E-state index in [0.717, 1.165) is 28.4 Å². The van der Waals surface area contributed by atoms with Gasteiger partial charge in [0.05, 0.1) is 24.3 Å². The number of benzene rings is 1. The topological polar surface area (TPSA) is 21.3 Å². The Kier molecular flexibility index (Phi) is 3.65. The van der Waals surface area contributed by atoms with Gasteiger partial charge in [-0.15, -0.1) is 0 Å². The van der Waals surface area contributed by atoms with Gasteiger partial charge in [-0.2, -0.15) is 0 Å². The van der Waals surface area contributed by atoms with Crippen molar-refractivity contribution < 1.29 is 4.74 Å². The molecule has 1 heterocycles. The van der Waals surface area contributed by atoms with Crippen LogP contribution in [0.15, 0.2) is 18.2 Å². The first-order valence-corrected chi connectivity index (χ1v) is 5.99. The Bertz CT molecular complexity index is 326. The molecule has 14 heavy (non-hydrogen) atoms. The molecule has 1 aliphatic rings. The smallest absolute Gasteiger partial charge is 0.0662 e. The predicted molar refractivity (Wildman–Crippen MR) is 65.7 cm³/mol. The number of nitrogens with one attached hydrogen (secondary N) is 1. The van der Waals surface area contributed by atoms with Gasteiger partial charge >= 0.3 is 0 Å². The first kappa shape index (κ1) is 10.7. The maximum Gasteiger partial charge on any atom is 0.0662 e. The highest BCUT2D eigenvalue weighted by Gasteiger charge is 2.15. The lowest BCUT2D eigenvalue weighted by atomic mass is 10.1. The van der Waals surface area contributed by atoms with Crippen molar-refractivity contribution in [3.63, 3.8) is 0 Å². The second-order valence-electron chi connectivity index (χ2n) is 3.26. The molecule has 0 spiro atoms. The van der Waals surface area contributed by atoms with Gasteiger partial charge in [-0.1, -0.05) is 17.7 Å². The van der Waals surface area contributed by atoms with Crippen LogP contribution in [0.5, 0.6) is 0 Å². The average molecular weight is 324 g/mol. The average Bonchev–Trinajstić information content (AvgIpc) is 2.23. The van der Waals surface area contributed by atoms with Gasteiger partial charge < -0.3 is 10.1 Å². The van der Waals surface area contributed by atoms with Crippen molar-refractivity contribution in [2.24, 2.45) is 0 Å². The molecule has 1 fully saturated rings. The van der Waals surface area contributed by atoms with E-state index in [-0.39, 0.29) is 0 Å². The number of morpholine rings is 1. The van der Waals surface area contributed by atoms with Crippen LogP contribution in [0.4, 0.5) is 0 Å². The zero-order valence-corrected chi connectivity index (χ0v) is 10.5. The lowest BCUT2D eigenvalue weighted by molar-refractivity contribution is 0.0769. The molecule has 4 heteroatoms. The fourth-order valence-electron chi connectivity index (χ4n) is 1.51. The summed E-state index contributed by atoms with van der Waals surface area (Å²) in [5.41, 5.74) is 1.20. The first-order chi connectivity index (χ1) is 6.77. The third kappa shape index (κ3) is 2.39. The molecule has 0 aliphatic carbocycles. The molecule has 2 nitrogen and oxygen atoms in total. The summed E-state index contributed by atoms with van der Waals surface area (Å²) in [5.74, 6) is 0. The Morgan fingerprint density at radius 1 is 1.50 bits per heavy atom. The molecule has 1 aromatic carbocycles. The standard InChI is InChI=1S/C10H11ClINO/c11-8-5-7(1-2-9(8)12)10-6-14-4-3-13-10/h1-2,5,10,13H,3-4,6H2. The molecular formula is C10H11ClINO. The minimum atomic E-state index is 0.290. The van der Waals surface area contributed by atoms with E-state index in [0.29, 0.717) is 6.04 Å². The van der Waals surface area contributed by atoms with Crippen molar-refractivity contribution in [2.45, 2.75) is 6.04 Å². The van der Waals surface area contributed by atoms with Crippen LogP contribution in [-0.2, 0) is 4.74 Å². The zero-order valence-electron chi connectivity index (χ0n) is 7.59. The Balaban J connectivity index is 2.18. The Labute approximate surface area is 102 Å². The van der Waals surface area contributed by atoms with Crippen LogP contribution >= 0.6 is 34.2 Å². The van der Waals surface area contributed by atoms with Crippen molar-refractivity contribution >= 4 is 34.2 Å². The maximum absolute atomic E-state index is 6.06. The highest BCUT2D eigenvalue weighted by molar-refractivity contribution is 14.1. The minimum Gasteiger partial charge on any atom is -0.378 e. The fourth-order valence-corrected chi connectivity index (χ4v) is 2.03. The normalized spacial score (nSPS) is 22.3. The molecule has 0 aromatic heterocycles. The number of ether oxygens (including phenoxy) is 1. The van der Waals surface area contributed by atoms with Gasteiger partial charge in [-0.25, -0.2) is 0 Å². The van der Waals surface area contributed by atoms with Gasteiger partial charge in [0, 0.05) is 10.1 Å². The highest BCUT2D eigenvalue weighted by Crippen LogP contribution is 2.24. The van der Waals surface area contributed by atoms with Gasteiger partial charge in [-0.3, -0.25) is 0 Å². The number of hydrogen-bond donors (Lipinski definition) is 1. The van der Waals surface area contributed by atoms with E-state index in [1.54, 1.807) is 0 Å². The Hall–Kier alpha value is 0.160. The van der Waals surface area contributed by atoms with Gasteiger partial charge in [0.25, 0.3) is 0 Å². The second kappa shape index (κ2) is 4.79. The van der Waals surface area contributed by atoms with E-state index < -0.39 is 0 Å². The lowest BCUT2D eigenvalue weighted by Gasteiger charge is -2.24. The summed E-state index contributed by atoms with van der Waals surface area (Å²) in [7, 11) is 0.